The fraction of sp³-hybridized carbons (Fsp3) is 0.909. The predicted octanol–water partition coefficient (Wildman–Crippen LogP) is 0.936. The van der Waals surface area contributed by atoms with Crippen LogP contribution in [-0.2, 0) is 9.53 Å². The Morgan fingerprint density at radius 3 is 2.60 bits per heavy atom. The van der Waals surface area contributed by atoms with Crippen LogP contribution >= 0.6 is 0 Å². The second-order valence-corrected chi connectivity index (χ2v) is 4.02. The second-order valence-electron chi connectivity index (χ2n) is 4.02. The Morgan fingerprint density at radius 2 is 2.13 bits per heavy atom. The lowest BCUT2D eigenvalue weighted by molar-refractivity contribution is -0.123. The molecule has 15 heavy (non-hydrogen) atoms. The van der Waals surface area contributed by atoms with Crippen molar-refractivity contribution < 1.29 is 14.6 Å². The van der Waals surface area contributed by atoms with Gasteiger partial charge in [-0.15, -0.1) is 0 Å². The van der Waals surface area contributed by atoms with Gasteiger partial charge in [-0.25, -0.2) is 0 Å². The minimum Gasteiger partial charge on any atom is -0.394 e. The first-order valence-electron chi connectivity index (χ1n) is 5.58. The normalized spacial score (nSPS) is 12.9. The molecule has 1 atom stereocenters. The molecule has 0 aromatic rings. The van der Waals surface area contributed by atoms with Crippen LogP contribution in [-0.4, -0.2) is 36.9 Å². The number of aliphatic hydroxyl groups is 1. The summed E-state index contributed by atoms with van der Waals surface area (Å²) in [4.78, 5) is 11.4. The number of rotatable bonds is 8. The van der Waals surface area contributed by atoms with Crippen LogP contribution < -0.4 is 5.32 Å². The van der Waals surface area contributed by atoms with Crippen molar-refractivity contribution >= 4 is 5.91 Å². The topological polar surface area (TPSA) is 58.6 Å². The Balaban J connectivity index is 3.70. The molecule has 0 radical (unpaired) electrons. The van der Waals surface area contributed by atoms with Gasteiger partial charge < -0.3 is 15.2 Å². The predicted molar refractivity (Wildman–Crippen MR) is 59.6 cm³/mol. The highest BCUT2D eigenvalue weighted by atomic mass is 16.5. The van der Waals surface area contributed by atoms with Crippen LogP contribution in [0.5, 0.6) is 0 Å². The molecule has 0 fully saturated rings. The third kappa shape index (κ3) is 8.39. The van der Waals surface area contributed by atoms with Gasteiger partial charge in [-0.1, -0.05) is 13.8 Å². The lowest BCUT2D eigenvalue weighted by atomic mass is 10.0. The second kappa shape index (κ2) is 8.68. The minimum absolute atomic E-state index is 0.00143. The van der Waals surface area contributed by atoms with Gasteiger partial charge in [0.15, 0.2) is 0 Å². The van der Waals surface area contributed by atoms with Gasteiger partial charge in [0.25, 0.3) is 0 Å². The quantitative estimate of drug-likeness (QED) is 0.595. The van der Waals surface area contributed by atoms with Crippen molar-refractivity contribution in [1.29, 1.82) is 0 Å². The third-order valence-corrected chi connectivity index (χ3v) is 2.02. The van der Waals surface area contributed by atoms with E-state index in [1.54, 1.807) is 0 Å². The van der Waals surface area contributed by atoms with Crippen LogP contribution in [0.15, 0.2) is 0 Å². The maximum atomic E-state index is 11.4. The molecular weight excluding hydrogens is 194 g/mol. The first-order chi connectivity index (χ1) is 7.10. The van der Waals surface area contributed by atoms with E-state index in [4.69, 9.17) is 9.84 Å². The number of hydrogen-bond donors (Lipinski definition) is 2. The zero-order chi connectivity index (χ0) is 11.7. The molecule has 0 rings (SSSR count). The van der Waals surface area contributed by atoms with Crippen molar-refractivity contribution in [3.05, 3.63) is 0 Å². The number of carbonyl (C=O) groups excluding carboxylic acids is 1. The molecule has 4 nitrogen and oxygen atoms in total. The molecule has 0 aromatic carbocycles. The van der Waals surface area contributed by atoms with Crippen LogP contribution in [0, 0.1) is 5.92 Å². The van der Waals surface area contributed by atoms with E-state index in [0.29, 0.717) is 25.6 Å². The highest BCUT2D eigenvalue weighted by Crippen LogP contribution is 2.04. The maximum Gasteiger partial charge on any atom is 0.222 e. The van der Waals surface area contributed by atoms with Gasteiger partial charge in [-0.3, -0.25) is 4.79 Å². The summed E-state index contributed by atoms with van der Waals surface area (Å²) < 4.78 is 5.08. The van der Waals surface area contributed by atoms with Crippen LogP contribution in [0.3, 0.4) is 0 Å². The fourth-order valence-electron chi connectivity index (χ4n) is 1.36. The van der Waals surface area contributed by atoms with Crippen molar-refractivity contribution in [2.75, 3.05) is 19.8 Å². The van der Waals surface area contributed by atoms with Crippen LogP contribution in [0.4, 0.5) is 0 Å². The highest BCUT2D eigenvalue weighted by molar-refractivity contribution is 5.76. The molecular formula is C11H23NO3. The summed E-state index contributed by atoms with van der Waals surface area (Å²) in [5.74, 6) is 0.414. The lowest BCUT2D eigenvalue weighted by Crippen LogP contribution is -2.38. The molecule has 0 aromatic heterocycles. The number of carbonyl (C=O) groups is 1. The molecule has 0 aliphatic heterocycles. The molecule has 0 heterocycles. The third-order valence-electron chi connectivity index (χ3n) is 2.02. The number of nitrogens with one attached hydrogen (secondary N) is 1. The van der Waals surface area contributed by atoms with Gasteiger partial charge in [0.05, 0.1) is 19.3 Å². The average molecular weight is 217 g/mol. The standard InChI is InChI=1S/C11H23NO3/c1-4-15-6-5-11(14)12-10(8-13)7-9(2)3/h9-10,13H,4-8H2,1-3H3,(H,12,14). The number of ether oxygens (including phenoxy) is 1. The Bertz CT molecular complexity index is 171. The van der Waals surface area contributed by atoms with Crippen LogP contribution in [0.1, 0.15) is 33.6 Å². The van der Waals surface area contributed by atoms with Gasteiger partial charge in [0.2, 0.25) is 5.91 Å². The van der Waals surface area contributed by atoms with E-state index in [0.717, 1.165) is 6.42 Å². The molecule has 1 unspecified atom stereocenters. The van der Waals surface area contributed by atoms with E-state index < -0.39 is 0 Å². The fourth-order valence-corrected chi connectivity index (χ4v) is 1.36. The number of amides is 1. The summed E-state index contributed by atoms with van der Waals surface area (Å²) in [6.45, 7) is 7.10. The summed E-state index contributed by atoms with van der Waals surface area (Å²) in [6.07, 6.45) is 1.17. The molecule has 90 valence electrons. The highest BCUT2D eigenvalue weighted by Gasteiger charge is 2.12. The lowest BCUT2D eigenvalue weighted by Gasteiger charge is -2.18. The van der Waals surface area contributed by atoms with Gasteiger partial charge in [-0.2, -0.15) is 0 Å². The van der Waals surface area contributed by atoms with Crippen LogP contribution in [0.25, 0.3) is 0 Å². The smallest absolute Gasteiger partial charge is 0.222 e. The summed E-state index contributed by atoms with van der Waals surface area (Å²) in [6, 6.07) is -0.126. The summed E-state index contributed by atoms with van der Waals surface area (Å²) in [5.41, 5.74) is 0. The van der Waals surface area contributed by atoms with E-state index in [2.05, 4.69) is 19.2 Å². The monoisotopic (exact) mass is 217 g/mol. The first kappa shape index (κ1) is 14.4. The summed E-state index contributed by atoms with van der Waals surface area (Å²) in [5, 5.41) is 11.8. The molecule has 0 saturated carbocycles. The molecule has 4 heteroatoms. The van der Waals surface area contributed by atoms with Crippen molar-refractivity contribution in [1.82, 2.24) is 5.32 Å². The summed E-state index contributed by atoms with van der Waals surface area (Å²) >= 11 is 0. The molecule has 2 N–H and O–H groups in total. The average Bonchev–Trinajstić information content (AvgIpc) is 2.16. The SMILES string of the molecule is CCOCCC(=O)NC(CO)CC(C)C. The van der Waals surface area contributed by atoms with Gasteiger partial charge >= 0.3 is 0 Å². The van der Waals surface area contributed by atoms with E-state index in [1.165, 1.54) is 0 Å². The minimum atomic E-state index is -0.126. The molecule has 0 aliphatic carbocycles. The van der Waals surface area contributed by atoms with Crippen molar-refractivity contribution in [2.45, 2.75) is 39.7 Å². The van der Waals surface area contributed by atoms with Gasteiger partial charge in [-0.05, 0) is 19.3 Å². The molecule has 0 aliphatic rings. The van der Waals surface area contributed by atoms with E-state index in [-0.39, 0.29) is 18.6 Å². The van der Waals surface area contributed by atoms with Crippen molar-refractivity contribution in [3.63, 3.8) is 0 Å². The van der Waals surface area contributed by atoms with Crippen LogP contribution in [0.2, 0.25) is 0 Å². The zero-order valence-corrected chi connectivity index (χ0v) is 9.95. The van der Waals surface area contributed by atoms with Gasteiger partial charge in [0.1, 0.15) is 0 Å². The molecule has 0 spiro atoms. The molecule has 1 amide bonds. The maximum absolute atomic E-state index is 11.4. The Hall–Kier alpha value is -0.610. The van der Waals surface area contributed by atoms with Gasteiger partial charge in [0, 0.05) is 13.0 Å². The van der Waals surface area contributed by atoms with E-state index in [9.17, 15) is 4.79 Å². The van der Waals surface area contributed by atoms with Crippen molar-refractivity contribution in [3.8, 4) is 0 Å². The van der Waals surface area contributed by atoms with E-state index in [1.807, 2.05) is 6.92 Å². The Morgan fingerprint density at radius 1 is 1.47 bits per heavy atom. The zero-order valence-electron chi connectivity index (χ0n) is 9.95. The Labute approximate surface area is 92.0 Å². The first-order valence-corrected chi connectivity index (χ1v) is 5.58. The molecule has 0 bridgehead atoms. The number of hydrogen-bond acceptors (Lipinski definition) is 3. The van der Waals surface area contributed by atoms with Crippen molar-refractivity contribution in [2.24, 2.45) is 5.92 Å². The largest absolute Gasteiger partial charge is 0.394 e. The molecule has 0 saturated heterocycles. The Kier molecular flexibility index (Phi) is 8.33. The van der Waals surface area contributed by atoms with E-state index >= 15 is 0 Å². The summed E-state index contributed by atoms with van der Waals surface area (Å²) in [7, 11) is 0. The number of aliphatic hydroxyl groups excluding tert-OH is 1.